The van der Waals surface area contributed by atoms with Gasteiger partial charge in [-0.25, -0.2) is 15.0 Å². The van der Waals surface area contributed by atoms with Crippen LogP contribution in [0.4, 0.5) is 5.82 Å². The molecule has 0 saturated carbocycles. The molecule has 0 aliphatic carbocycles. The fourth-order valence-corrected chi connectivity index (χ4v) is 4.64. The van der Waals surface area contributed by atoms with Crippen molar-refractivity contribution in [3.05, 3.63) is 64.4 Å². The molecule has 1 aliphatic heterocycles. The van der Waals surface area contributed by atoms with E-state index in [0.29, 0.717) is 64.6 Å². The summed E-state index contributed by atoms with van der Waals surface area (Å²) in [5.74, 6) is 1.45. The zero-order chi connectivity index (χ0) is 24.0. The van der Waals surface area contributed by atoms with Gasteiger partial charge in [0.1, 0.15) is 11.6 Å². The first kappa shape index (κ1) is 22.6. The van der Waals surface area contributed by atoms with E-state index in [0.717, 1.165) is 11.3 Å². The third kappa shape index (κ3) is 3.87. The number of aryl methyl sites for hydroxylation is 1. The number of rotatable bonds is 4. The van der Waals surface area contributed by atoms with E-state index < -0.39 is 11.4 Å². The first-order valence-corrected chi connectivity index (χ1v) is 11.6. The molecule has 0 spiro atoms. The molecular weight excluding hydrogens is 473 g/mol. The van der Waals surface area contributed by atoms with Gasteiger partial charge in [0.2, 0.25) is 5.91 Å². The second kappa shape index (κ2) is 8.54. The van der Waals surface area contributed by atoms with Crippen LogP contribution >= 0.6 is 23.2 Å². The number of hydrogen-bond donors (Lipinski definition) is 2. The molecule has 0 radical (unpaired) electrons. The van der Waals surface area contributed by atoms with Gasteiger partial charge >= 0.3 is 0 Å². The molecule has 0 bridgehead atoms. The average molecular weight is 496 g/mol. The third-order valence-electron chi connectivity index (χ3n) is 6.25. The highest BCUT2D eigenvalue weighted by molar-refractivity contribution is 6.33. The quantitative estimate of drug-likeness (QED) is 0.443. The fourth-order valence-electron chi connectivity index (χ4n) is 4.29. The maximum atomic E-state index is 11.8. The van der Waals surface area contributed by atoms with Crippen molar-refractivity contribution >= 4 is 46.1 Å². The topological polar surface area (TPSA) is 116 Å². The van der Waals surface area contributed by atoms with Crippen molar-refractivity contribution in [1.82, 2.24) is 19.5 Å². The Morgan fingerprint density at radius 2 is 1.68 bits per heavy atom. The number of halogens is 2. The van der Waals surface area contributed by atoms with Crippen molar-refractivity contribution in [2.75, 3.05) is 18.0 Å². The van der Waals surface area contributed by atoms with Gasteiger partial charge < -0.3 is 16.4 Å². The Kier molecular flexibility index (Phi) is 5.67. The number of nitrogens with zero attached hydrogens (tertiary/aromatic N) is 5. The van der Waals surface area contributed by atoms with Crippen molar-refractivity contribution < 1.29 is 4.79 Å². The van der Waals surface area contributed by atoms with E-state index in [1.54, 1.807) is 0 Å². The fraction of sp³-hybridized carbons (Fsp3) is 0.250. The molecule has 1 aliphatic rings. The molecule has 34 heavy (non-hydrogen) atoms. The molecule has 174 valence electrons. The Hall–Kier alpha value is -3.20. The molecule has 1 fully saturated rings. The van der Waals surface area contributed by atoms with E-state index >= 15 is 0 Å². The van der Waals surface area contributed by atoms with E-state index in [2.05, 4.69) is 4.90 Å². The number of imidazole rings is 1. The summed E-state index contributed by atoms with van der Waals surface area (Å²) in [7, 11) is 0. The van der Waals surface area contributed by atoms with Crippen molar-refractivity contribution in [3.8, 4) is 17.1 Å². The lowest BCUT2D eigenvalue weighted by atomic mass is 9.88. The first-order valence-electron chi connectivity index (χ1n) is 10.9. The second-order valence-electron chi connectivity index (χ2n) is 8.50. The highest BCUT2D eigenvalue weighted by Crippen LogP contribution is 2.36. The number of carbonyl (C=O) groups is 1. The van der Waals surface area contributed by atoms with Gasteiger partial charge in [-0.15, -0.1) is 0 Å². The van der Waals surface area contributed by atoms with Crippen LogP contribution in [-0.4, -0.2) is 44.1 Å². The van der Waals surface area contributed by atoms with Crippen molar-refractivity contribution in [2.24, 2.45) is 11.5 Å². The van der Waals surface area contributed by atoms with Gasteiger partial charge in [0.25, 0.3) is 0 Å². The highest BCUT2D eigenvalue weighted by atomic mass is 35.5. The number of nitrogens with two attached hydrogens (primary N) is 2. The van der Waals surface area contributed by atoms with E-state index in [1.165, 1.54) is 0 Å². The zero-order valence-electron chi connectivity index (χ0n) is 18.5. The van der Waals surface area contributed by atoms with Gasteiger partial charge in [0, 0.05) is 29.4 Å². The summed E-state index contributed by atoms with van der Waals surface area (Å²) < 4.78 is 1.96. The van der Waals surface area contributed by atoms with E-state index in [-0.39, 0.29) is 0 Å². The summed E-state index contributed by atoms with van der Waals surface area (Å²) >= 11 is 12.7. The van der Waals surface area contributed by atoms with Gasteiger partial charge in [0.15, 0.2) is 17.0 Å². The van der Waals surface area contributed by atoms with Gasteiger partial charge in [-0.1, -0.05) is 35.3 Å². The van der Waals surface area contributed by atoms with Crippen LogP contribution in [0.3, 0.4) is 0 Å². The molecule has 4 N–H and O–H groups in total. The Labute approximate surface area is 206 Å². The monoisotopic (exact) mass is 495 g/mol. The minimum atomic E-state index is -1.01. The van der Waals surface area contributed by atoms with E-state index in [4.69, 9.17) is 49.6 Å². The smallest absolute Gasteiger partial charge is 0.237 e. The van der Waals surface area contributed by atoms with Gasteiger partial charge in [-0.3, -0.25) is 9.36 Å². The largest absolute Gasteiger partial charge is 0.368 e. The summed E-state index contributed by atoms with van der Waals surface area (Å²) in [6, 6.07) is 15.0. The average Bonchev–Trinajstić information content (AvgIpc) is 3.19. The predicted octanol–water partition coefficient (Wildman–Crippen LogP) is 3.88. The van der Waals surface area contributed by atoms with Crippen LogP contribution in [0.15, 0.2) is 48.5 Å². The molecule has 5 rings (SSSR count). The van der Waals surface area contributed by atoms with Crippen LogP contribution in [0.25, 0.3) is 28.2 Å². The van der Waals surface area contributed by atoms with Gasteiger partial charge in [0.05, 0.1) is 10.6 Å². The number of fused-ring (bicyclic) bond motifs is 1. The summed E-state index contributed by atoms with van der Waals surface area (Å²) in [6.45, 7) is 2.90. The molecule has 0 unspecified atom stereocenters. The Balaban J connectivity index is 1.71. The van der Waals surface area contributed by atoms with Crippen LogP contribution in [-0.2, 0) is 4.79 Å². The molecule has 0 atom stereocenters. The number of hydrogen-bond acceptors (Lipinski definition) is 6. The summed E-state index contributed by atoms with van der Waals surface area (Å²) in [5.41, 5.74) is 13.6. The molecule has 2 aromatic carbocycles. The third-order valence-corrected chi connectivity index (χ3v) is 6.83. The number of amides is 1. The predicted molar refractivity (Wildman–Crippen MR) is 134 cm³/mol. The Morgan fingerprint density at radius 1 is 1.00 bits per heavy atom. The normalized spacial score (nSPS) is 15.6. The Bertz CT molecular complexity index is 1390. The van der Waals surface area contributed by atoms with Crippen LogP contribution in [0.1, 0.15) is 18.7 Å². The molecule has 3 heterocycles. The SMILES string of the molecule is Cc1nc(N2CCC(N)(C(N)=O)CC2)c2nc(-c3ccccc3Cl)n(-c3ccc(Cl)cc3)c2n1. The number of carbonyl (C=O) groups excluding carboxylic acids is 1. The number of piperidine rings is 1. The second-order valence-corrected chi connectivity index (χ2v) is 9.34. The lowest BCUT2D eigenvalue weighted by Crippen LogP contribution is -2.58. The molecule has 8 nitrogen and oxygen atoms in total. The lowest BCUT2D eigenvalue weighted by molar-refractivity contribution is -0.123. The van der Waals surface area contributed by atoms with E-state index in [9.17, 15) is 4.79 Å². The maximum absolute atomic E-state index is 11.8. The first-order chi connectivity index (χ1) is 16.3. The standard InChI is InChI=1S/C24H23Cl2N7O/c1-14-29-21(32-12-10-24(28,11-13-32)23(27)34)19-22(30-14)33(16-8-6-15(25)7-9-16)20(31-19)17-4-2-3-5-18(17)26/h2-9H,10-13,28H2,1H3,(H2,27,34). The molecular formula is C24H23Cl2N7O. The van der Waals surface area contributed by atoms with E-state index in [1.807, 2.05) is 60.0 Å². The molecule has 10 heteroatoms. The van der Waals surface area contributed by atoms with Gasteiger partial charge in [-0.05, 0) is 56.2 Å². The molecule has 1 amide bonds. The van der Waals surface area contributed by atoms with Crippen molar-refractivity contribution in [3.63, 3.8) is 0 Å². The Morgan fingerprint density at radius 3 is 2.32 bits per heavy atom. The van der Waals surface area contributed by atoms with Crippen LogP contribution in [0.2, 0.25) is 10.0 Å². The molecule has 1 saturated heterocycles. The van der Waals surface area contributed by atoms with Crippen molar-refractivity contribution in [2.45, 2.75) is 25.3 Å². The van der Waals surface area contributed by atoms with Crippen molar-refractivity contribution in [1.29, 1.82) is 0 Å². The number of anilines is 1. The zero-order valence-corrected chi connectivity index (χ0v) is 20.0. The maximum Gasteiger partial charge on any atom is 0.237 e. The number of primary amides is 1. The molecule has 4 aromatic rings. The van der Waals surface area contributed by atoms with Gasteiger partial charge in [-0.2, -0.15) is 0 Å². The summed E-state index contributed by atoms with van der Waals surface area (Å²) in [4.78, 5) is 28.4. The van der Waals surface area contributed by atoms with Crippen LogP contribution in [0, 0.1) is 6.92 Å². The van der Waals surface area contributed by atoms with Crippen LogP contribution < -0.4 is 16.4 Å². The summed E-state index contributed by atoms with van der Waals surface area (Å²) in [5, 5.41) is 1.21. The summed E-state index contributed by atoms with van der Waals surface area (Å²) in [6.07, 6.45) is 0.865. The lowest BCUT2D eigenvalue weighted by Gasteiger charge is -2.37. The minimum Gasteiger partial charge on any atom is -0.368 e. The minimum absolute atomic E-state index is 0.433. The number of benzene rings is 2. The number of aromatic nitrogens is 4. The molecule has 2 aromatic heterocycles. The highest BCUT2D eigenvalue weighted by Gasteiger charge is 2.37. The van der Waals surface area contributed by atoms with Crippen LogP contribution in [0.5, 0.6) is 0 Å².